The monoisotopic (exact) mass is 378 g/mol. The highest BCUT2D eigenvalue weighted by Gasteiger charge is 2.30. The minimum atomic E-state index is -4.41. The van der Waals surface area contributed by atoms with Gasteiger partial charge in [0.05, 0.1) is 23.2 Å². The second kappa shape index (κ2) is 8.70. The summed E-state index contributed by atoms with van der Waals surface area (Å²) in [5.41, 5.74) is 0.370. The van der Waals surface area contributed by atoms with E-state index >= 15 is 0 Å². The van der Waals surface area contributed by atoms with Gasteiger partial charge in [0, 0.05) is 6.04 Å². The van der Waals surface area contributed by atoms with Gasteiger partial charge >= 0.3 is 6.18 Å². The second-order valence-corrected chi connectivity index (χ2v) is 6.25. The Kier molecular flexibility index (Phi) is 6.60. The number of para-hydroxylation sites is 1. The molecule has 0 heterocycles. The van der Waals surface area contributed by atoms with E-state index in [0.717, 1.165) is 18.6 Å². The van der Waals surface area contributed by atoms with Crippen LogP contribution in [0.3, 0.4) is 0 Å². The Hall–Kier alpha value is -2.83. The Labute approximate surface area is 155 Å². The molecule has 2 aromatic rings. The van der Waals surface area contributed by atoms with E-state index in [-0.39, 0.29) is 18.4 Å². The van der Waals surface area contributed by atoms with Gasteiger partial charge in [-0.3, -0.25) is 9.59 Å². The van der Waals surface area contributed by atoms with E-state index in [4.69, 9.17) is 0 Å². The smallest absolute Gasteiger partial charge is 0.350 e. The Balaban J connectivity index is 2.07. The van der Waals surface area contributed by atoms with Crippen LogP contribution in [0.4, 0.5) is 18.9 Å². The van der Waals surface area contributed by atoms with Gasteiger partial charge in [-0.25, -0.2) is 0 Å². The van der Waals surface area contributed by atoms with Gasteiger partial charge in [-0.15, -0.1) is 0 Å². The molecule has 2 rings (SSSR count). The summed E-state index contributed by atoms with van der Waals surface area (Å²) in [7, 11) is 0. The van der Waals surface area contributed by atoms with E-state index in [0.29, 0.717) is 16.8 Å². The number of hydrogen-bond donors (Lipinski definition) is 2. The molecule has 0 spiro atoms. The molecule has 1 unspecified atom stereocenters. The molecule has 0 bridgehead atoms. The Morgan fingerprint density at radius 2 is 1.67 bits per heavy atom. The molecule has 2 amide bonds. The van der Waals surface area contributed by atoms with Crippen molar-refractivity contribution in [3.8, 4) is 0 Å². The van der Waals surface area contributed by atoms with Crippen molar-refractivity contribution in [2.75, 3.05) is 5.32 Å². The maximum atomic E-state index is 12.6. The van der Waals surface area contributed by atoms with Gasteiger partial charge in [-0.1, -0.05) is 31.2 Å². The van der Waals surface area contributed by atoms with Gasteiger partial charge in [0.25, 0.3) is 5.91 Å². The molecular formula is C20H21F3N2O2. The van der Waals surface area contributed by atoms with Crippen molar-refractivity contribution in [3.63, 3.8) is 0 Å². The van der Waals surface area contributed by atoms with E-state index < -0.39 is 17.6 Å². The van der Waals surface area contributed by atoms with Gasteiger partial charge in [0.2, 0.25) is 5.91 Å². The predicted molar refractivity (Wildman–Crippen MR) is 97.4 cm³/mol. The molecule has 0 aliphatic heterocycles. The van der Waals surface area contributed by atoms with Gasteiger partial charge in [0.1, 0.15) is 0 Å². The molecule has 0 aliphatic rings. The van der Waals surface area contributed by atoms with Crippen molar-refractivity contribution < 1.29 is 22.8 Å². The maximum absolute atomic E-state index is 12.6. The summed E-state index contributed by atoms with van der Waals surface area (Å²) in [4.78, 5) is 24.6. The minimum absolute atomic E-state index is 0.00611. The number of nitrogens with one attached hydrogen (secondary N) is 2. The third-order valence-corrected chi connectivity index (χ3v) is 4.08. The van der Waals surface area contributed by atoms with E-state index in [2.05, 4.69) is 10.6 Å². The summed E-state index contributed by atoms with van der Waals surface area (Å²) in [5.74, 6) is -0.715. The summed E-state index contributed by atoms with van der Waals surface area (Å²) in [5, 5.41) is 5.49. The lowest BCUT2D eigenvalue weighted by Gasteiger charge is -2.14. The number of hydrogen-bond acceptors (Lipinski definition) is 2. The number of carbonyl (C=O) groups is 2. The van der Waals surface area contributed by atoms with Gasteiger partial charge in [-0.2, -0.15) is 13.2 Å². The average Bonchev–Trinajstić information content (AvgIpc) is 2.61. The van der Waals surface area contributed by atoms with E-state index in [1.807, 2.05) is 13.8 Å². The fourth-order valence-electron chi connectivity index (χ4n) is 2.39. The first-order chi connectivity index (χ1) is 12.7. The SMILES string of the molecule is CCC(C)NC(=O)c1ccccc1NC(=O)Cc1ccc(C(F)(F)F)cc1. The molecule has 0 radical (unpaired) electrons. The number of alkyl halides is 3. The molecule has 0 aliphatic carbocycles. The molecule has 0 aromatic heterocycles. The summed E-state index contributed by atoms with van der Waals surface area (Å²) in [6.45, 7) is 3.83. The van der Waals surface area contributed by atoms with Crippen molar-refractivity contribution in [2.24, 2.45) is 0 Å². The summed E-state index contributed by atoms with van der Waals surface area (Å²) >= 11 is 0. The number of benzene rings is 2. The largest absolute Gasteiger partial charge is 0.416 e. The minimum Gasteiger partial charge on any atom is -0.350 e. The molecular weight excluding hydrogens is 357 g/mol. The average molecular weight is 378 g/mol. The molecule has 4 nitrogen and oxygen atoms in total. The number of halogens is 3. The molecule has 0 fully saturated rings. The molecule has 1 atom stereocenters. The fraction of sp³-hybridized carbons (Fsp3) is 0.300. The van der Waals surface area contributed by atoms with Crippen LogP contribution >= 0.6 is 0 Å². The standard InChI is InChI=1S/C20H21F3N2O2/c1-3-13(2)24-19(27)16-6-4-5-7-17(16)25-18(26)12-14-8-10-15(11-9-14)20(21,22)23/h4-11,13H,3,12H2,1-2H3,(H,24,27)(H,25,26). The summed E-state index contributed by atoms with van der Waals surface area (Å²) in [6.07, 6.45) is -3.74. The van der Waals surface area contributed by atoms with Crippen LogP contribution in [0.5, 0.6) is 0 Å². The van der Waals surface area contributed by atoms with Crippen LogP contribution in [0.25, 0.3) is 0 Å². The quantitative estimate of drug-likeness (QED) is 0.782. The zero-order valence-corrected chi connectivity index (χ0v) is 15.1. The highest BCUT2D eigenvalue weighted by Crippen LogP contribution is 2.29. The summed E-state index contributed by atoms with van der Waals surface area (Å²) in [6, 6.07) is 11.0. The topological polar surface area (TPSA) is 58.2 Å². The van der Waals surface area contributed by atoms with Crippen LogP contribution < -0.4 is 10.6 Å². The van der Waals surface area contributed by atoms with Crippen LogP contribution in [0.1, 0.15) is 41.8 Å². The third kappa shape index (κ3) is 5.84. The maximum Gasteiger partial charge on any atom is 0.416 e. The first-order valence-electron chi connectivity index (χ1n) is 8.56. The zero-order valence-electron chi connectivity index (χ0n) is 15.1. The number of rotatable bonds is 6. The molecule has 0 saturated heterocycles. The summed E-state index contributed by atoms with van der Waals surface area (Å²) < 4.78 is 37.8. The van der Waals surface area contributed by atoms with Crippen LogP contribution in [-0.4, -0.2) is 17.9 Å². The van der Waals surface area contributed by atoms with Gasteiger partial charge < -0.3 is 10.6 Å². The van der Waals surface area contributed by atoms with Crippen molar-refractivity contribution in [1.82, 2.24) is 5.32 Å². The molecule has 7 heteroatoms. The van der Waals surface area contributed by atoms with E-state index in [1.54, 1.807) is 24.3 Å². The zero-order chi connectivity index (χ0) is 20.0. The van der Waals surface area contributed by atoms with Crippen LogP contribution in [0.15, 0.2) is 48.5 Å². The second-order valence-electron chi connectivity index (χ2n) is 6.25. The lowest BCUT2D eigenvalue weighted by molar-refractivity contribution is -0.137. The normalized spacial score (nSPS) is 12.3. The molecule has 144 valence electrons. The molecule has 2 aromatic carbocycles. The fourth-order valence-corrected chi connectivity index (χ4v) is 2.39. The van der Waals surface area contributed by atoms with E-state index in [1.165, 1.54) is 12.1 Å². The molecule has 27 heavy (non-hydrogen) atoms. The first-order valence-corrected chi connectivity index (χ1v) is 8.56. The third-order valence-electron chi connectivity index (χ3n) is 4.08. The predicted octanol–water partition coefficient (Wildman–Crippen LogP) is 4.41. The van der Waals surface area contributed by atoms with Gasteiger partial charge in [-0.05, 0) is 43.2 Å². The number of amides is 2. The Morgan fingerprint density at radius 3 is 2.26 bits per heavy atom. The Bertz CT molecular complexity index is 802. The highest BCUT2D eigenvalue weighted by molar-refractivity contribution is 6.04. The van der Waals surface area contributed by atoms with Gasteiger partial charge in [0.15, 0.2) is 0 Å². The van der Waals surface area contributed by atoms with Crippen molar-refractivity contribution >= 4 is 17.5 Å². The highest BCUT2D eigenvalue weighted by atomic mass is 19.4. The van der Waals surface area contributed by atoms with Crippen molar-refractivity contribution in [2.45, 2.75) is 38.9 Å². The molecule has 2 N–H and O–H groups in total. The lowest BCUT2D eigenvalue weighted by Crippen LogP contribution is -2.32. The van der Waals surface area contributed by atoms with Crippen LogP contribution in [-0.2, 0) is 17.4 Å². The number of anilines is 1. The molecule has 0 saturated carbocycles. The van der Waals surface area contributed by atoms with E-state index in [9.17, 15) is 22.8 Å². The lowest BCUT2D eigenvalue weighted by atomic mass is 10.1. The van der Waals surface area contributed by atoms with Crippen LogP contribution in [0.2, 0.25) is 0 Å². The van der Waals surface area contributed by atoms with Crippen molar-refractivity contribution in [1.29, 1.82) is 0 Å². The first kappa shape index (κ1) is 20.5. The number of carbonyl (C=O) groups excluding carboxylic acids is 2. The van der Waals surface area contributed by atoms with Crippen LogP contribution in [0, 0.1) is 0 Å². The Morgan fingerprint density at radius 1 is 1.04 bits per heavy atom. The van der Waals surface area contributed by atoms with Crippen molar-refractivity contribution in [3.05, 3.63) is 65.2 Å².